The first-order valence-corrected chi connectivity index (χ1v) is 11.3. The van der Waals surface area contributed by atoms with Gasteiger partial charge in [-0.3, -0.25) is 24.1 Å². The van der Waals surface area contributed by atoms with Gasteiger partial charge in [-0.2, -0.15) is 0 Å². The molecule has 2 saturated heterocycles. The Kier molecular flexibility index (Phi) is 5.32. The Morgan fingerprint density at radius 2 is 1.48 bits per heavy atom. The number of carbonyl (C=O) groups is 4. The maximum Gasteiger partial charge on any atom is 0.262 e. The van der Waals surface area contributed by atoms with Crippen molar-refractivity contribution in [2.45, 2.75) is 37.9 Å². The lowest BCUT2D eigenvalue weighted by Crippen LogP contribution is -2.74. The maximum atomic E-state index is 13.3. The van der Waals surface area contributed by atoms with Crippen molar-refractivity contribution >= 4 is 29.7 Å². The number of likely N-dealkylation sites (tertiary alicyclic amines) is 2. The van der Waals surface area contributed by atoms with E-state index in [-0.39, 0.29) is 11.8 Å². The number of rotatable bonds is 5. The highest BCUT2D eigenvalue weighted by Gasteiger charge is 2.57. The van der Waals surface area contributed by atoms with Gasteiger partial charge in [0, 0.05) is 13.1 Å². The number of amides is 4. The van der Waals surface area contributed by atoms with Crippen molar-refractivity contribution in [1.29, 1.82) is 0 Å². The number of imide groups is 1. The largest absolute Gasteiger partial charge is 0.341 e. The van der Waals surface area contributed by atoms with Gasteiger partial charge < -0.3 is 9.80 Å². The summed E-state index contributed by atoms with van der Waals surface area (Å²) >= 11 is 0. The first-order chi connectivity index (χ1) is 16.0. The van der Waals surface area contributed by atoms with E-state index in [1.165, 1.54) is 4.90 Å². The van der Waals surface area contributed by atoms with E-state index in [2.05, 4.69) is 0 Å². The average molecular weight is 444 g/mol. The van der Waals surface area contributed by atoms with Crippen LogP contribution in [0.25, 0.3) is 6.08 Å². The lowest BCUT2D eigenvalue weighted by molar-refractivity contribution is -0.162. The molecule has 3 atom stereocenters. The van der Waals surface area contributed by atoms with Gasteiger partial charge in [0.2, 0.25) is 11.8 Å². The molecule has 3 heterocycles. The average Bonchev–Trinajstić information content (AvgIpc) is 3.46. The minimum atomic E-state index is -0.966. The fourth-order valence-corrected chi connectivity index (χ4v) is 4.98. The van der Waals surface area contributed by atoms with Crippen molar-refractivity contribution in [1.82, 2.24) is 14.7 Å². The normalized spacial score (nSPS) is 23.3. The van der Waals surface area contributed by atoms with Crippen molar-refractivity contribution in [3.05, 3.63) is 77.4 Å². The summed E-state index contributed by atoms with van der Waals surface area (Å²) in [5.41, 5.74) is 1.54. The summed E-state index contributed by atoms with van der Waals surface area (Å²) in [5, 5.41) is 0. The number of β-lactam (4-membered cyclic amide) rings is 1. The monoisotopic (exact) mass is 443 g/mol. The zero-order valence-corrected chi connectivity index (χ0v) is 18.4. The second-order valence-corrected chi connectivity index (χ2v) is 8.68. The van der Waals surface area contributed by atoms with E-state index in [1.807, 2.05) is 42.5 Å². The number of carbonyl (C=O) groups excluding carboxylic acids is 4. The SMILES string of the molecule is C[C@@H](C(=O)N1CCCC1)N1C(=O)[C@H](N2C(=O)c3ccccc3C2=O)[C@@H]1C=Cc1ccccc1. The van der Waals surface area contributed by atoms with E-state index in [0.717, 1.165) is 23.3 Å². The van der Waals surface area contributed by atoms with Crippen LogP contribution in [0, 0.1) is 0 Å². The molecule has 0 N–H and O–H groups in total. The summed E-state index contributed by atoms with van der Waals surface area (Å²) in [5.74, 6) is -1.41. The molecule has 33 heavy (non-hydrogen) atoms. The Balaban J connectivity index is 1.46. The fourth-order valence-electron chi connectivity index (χ4n) is 4.98. The molecule has 5 rings (SSSR count). The van der Waals surface area contributed by atoms with Crippen LogP contribution in [-0.2, 0) is 9.59 Å². The Labute approximate surface area is 192 Å². The number of fused-ring (bicyclic) bond motifs is 1. The van der Waals surface area contributed by atoms with E-state index in [9.17, 15) is 19.2 Å². The predicted octanol–water partition coefficient (Wildman–Crippen LogP) is 2.59. The van der Waals surface area contributed by atoms with Crippen LogP contribution in [0.4, 0.5) is 0 Å². The van der Waals surface area contributed by atoms with Crippen molar-refractivity contribution in [3.8, 4) is 0 Å². The van der Waals surface area contributed by atoms with Crippen LogP contribution in [0.15, 0.2) is 60.7 Å². The second-order valence-electron chi connectivity index (χ2n) is 8.68. The van der Waals surface area contributed by atoms with Crippen LogP contribution in [0.3, 0.4) is 0 Å². The minimum absolute atomic E-state index is 0.0974. The Morgan fingerprint density at radius 3 is 2.09 bits per heavy atom. The molecule has 3 aliphatic heterocycles. The maximum absolute atomic E-state index is 13.3. The number of benzene rings is 2. The van der Waals surface area contributed by atoms with Crippen molar-refractivity contribution < 1.29 is 19.2 Å². The fraction of sp³-hybridized carbons (Fsp3) is 0.308. The van der Waals surface area contributed by atoms with Gasteiger partial charge in [0.1, 0.15) is 12.1 Å². The summed E-state index contributed by atoms with van der Waals surface area (Å²) in [4.78, 5) is 56.9. The molecule has 0 saturated carbocycles. The highest BCUT2D eigenvalue weighted by molar-refractivity contribution is 6.23. The molecule has 0 radical (unpaired) electrons. The summed E-state index contributed by atoms with van der Waals surface area (Å²) in [6, 6.07) is 14.0. The van der Waals surface area contributed by atoms with Gasteiger partial charge >= 0.3 is 0 Å². The van der Waals surface area contributed by atoms with Crippen molar-refractivity contribution in [3.63, 3.8) is 0 Å². The number of hydrogen-bond acceptors (Lipinski definition) is 4. The van der Waals surface area contributed by atoms with Gasteiger partial charge in [-0.1, -0.05) is 54.6 Å². The molecule has 0 aliphatic carbocycles. The molecule has 0 unspecified atom stereocenters. The molecule has 4 amide bonds. The Hall–Kier alpha value is -3.74. The smallest absolute Gasteiger partial charge is 0.262 e. The third kappa shape index (κ3) is 3.44. The van der Waals surface area contributed by atoms with E-state index in [1.54, 1.807) is 36.1 Å². The van der Waals surface area contributed by atoms with E-state index in [0.29, 0.717) is 24.2 Å². The van der Waals surface area contributed by atoms with Crippen LogP contribution in [0.5, 0.6) is 0 Å². The Bertz CT molecular complexity index is 1120. The minimum Gasteiger partial charge on any atom is -0.341 e. The first kappa shape index (κ1) is 21.1. The highest BCUT2D eigenvalue weighted by atomic mass is 16.2. The van der Waals surface area contributed by atoms with Crippen molar-refractivity contribution in [2.75, 3.05) is 13.1 Å². The summed E-state index contributed by atoms with van der Waals surface area (Å²) < 4.78 is 0. The molecule has 0 spiro atoms. The molecule has 2 aromatic rings. The summed E-state index contributed by atoms with van der Waals surface area (Å²) in [6.07, 6.45) is 5.60. The number of hydrogen-bond donors (Lipinski definition) is 0. The highest BCUT2D eigenvalue weighted by Crippen LogP contribution is 2.35. The topological polar surface area (TPSA) is 78.0 Å². The van der Waals surface area contributed by atoms with Crippen LogP contribution in [0.2, 0.25) is 0 Å². The van der Waals surface area contributed by atoms with Crippen LogP contribution >= 0.6 is 0 Å². The molecular weight excluding hydrogens is 418 g/mol. The quantitative estimate of drug-likeness (QED) is 0.526. The van der Waals surface area contributed by atoms with E-state index < -0.39 is 29.9 Å². The second kappa shape index (κ2) is 8.31. The standard InChI is InChI=1S/C26H25N3O4/c1-17(23(30)27-15-7-8-16-27)28-21(14-13-18-9-3-2-4-10-18)22(26(28)33)29-24(31)19-11-5-6-12-20(19)25(29)32/h2-6,9-14,17,21-22H,7-8,15-16H2,1H3/t17-,21-,22+/m0/s1. The Morgan fingerprint density at radius 1 is 0.909 bits per heavy atom. The summed E-state index contributed by atoms with van der Waals surface area (Å²) in [6.45, 7) is 3.11. The predicted molar refractivity (Wildman–Crippen MR) is 122 cm³/mol. The van der Waals surface area contributed by atoms with Crippen molar-refractivity contribution in [2.24, 2.45) is 0 Å². The molecule has 7 nitrogen and oxygen atoms in total. The molecular formula is C26H25N3O4. The van der Waals surface area contributed by atoms with Crippen LogP contribution in [0.1, 0.15) is 46.0 Å². The van der Waals surface area contributed by atoms with Gasteiger partial charge in [0.15, 0.2) is 0 Å². The van der Waals surface area contributed by atoms with Gasteiger partial charge in [-0.05, 0) is 37.5 Å². The molecule has 7 heteroatoms. The zero-order valence-electron chi connectivity index (χ0n) is 18.4. The first-order valence-electron chi connectivity index (χ1n) is 11.3. The molecule has 0 aromatic heterocycles. The lowest BCUT2D eigenvalue weighted by atomic mass is 9.89. The molecule has 168 valence electrons. The van der Waals surface area contributed by atoms with Crippen LogP contribution < -0.4 is 0 Å². The van der Waals surface area contributed by atoms with Gasteiger partial charge in [0.25, 0.3) is 11.8 Å². The number of nitrogens with zero attached hydrogens (tertiary/aromatic N) is 3. The summed E-state index contributed by atoms with van der Waals surface area (Å²) in [7, 11) is 0. The molecule has 2 aromatic carbocycles. The zero-order chi connectivity index (χ0) is 23.1. The third-order valence-electron chi connectivity index (χ3n) is 6.73. The van der Waals surface area contributed by atoms with E-state index in [4.69, 9.17) is 0 Å². The van der Waals surface area contributed by atoms with Gasteiger partial charge in [0.05, 0.1) is 17.2 Å². The van der Waals surface area contributed by atoms with Gasteiger partial charge in [-0.25, -0.2) is 0 Å². The van der Waals surface area contributed by atoms with E-state index >= 15 is 0 Å². The van der Waals surface area contributed by atoms with Crippen LogP contribution in [-0.4, -0.2) is 69.5 Å². The molecule has 2 fully saturated rings. The molecule has 3 aliphatic rings. The molecule has 0 bridgehead atoms. The third-order valence-corrected chi connectivity index (χ3v) is 6.73. The van der Waals surface area contributed by atoms with Gasteiger partial charge in [-0.15, -0.1) is 0 Å². The lowest BCUT2D eigenvalue weighted by Gasteiger charge is -2.51.